The Morgan fingerprint density at radius 2 is 1.43 bits per heavy atom. The molecular weight excluding hydrogens is 268 g/mol. The molecule has 5 rings (SSSR count). The summed E-state index contributed by atoms with van der Waals surface area (Å²) in [5.41, 5.74) is 7.19. The van der Waals surface area contributed by atoms with Gasteiger partial charge in [-0.05, 0) is 85.8 Å². The lowest BCUT2D eigenvalue weighted by Gasteiger charge is -2.56. The molecule has 4 aliphatic rings. The maximum atomic E-state index is 13.3. The number of halogens is 2. The molecule has 4 fully saturated rings. The maximum absolute atomic E-state index is 13.3. The highest BCUT2D eigenvalue weighted by atomic mass is 19.1. The maximum Gasteiger partial charge on any atom is 0.126 e. The number of rotatable bonds is 3. The first-order chi connectivity index (χ1) is 10.1. The zero-order valence-electron chi connectivity index (χ0n) is 12.3. The van der Waals surface area contributed by atoms with Crippen LogP contribution in [-0.2, 0) is 6.42 Å². The molecule has 3 heteroatoms. The van der Waals surface area contributed by atoms with Crippen LogP contribution in [0.4, 0.5) is 8.78 Å². The topological polar surface area (TPSA) is 26.0 Å². The molecule has 1 aromatic rings. The molecule has 0 radical (unpaired) electrons. The van der Waals surface area contributed by atoms with Crippen molar-refractivity contribution >= 4 is 0 Å². The van der Waals surface area contributed by atoms with Crippen LogP contribution >= 0.6 is 0 Å². The number of benzene rings is 1. The molecule has 114 valence electrons. The molecule has 4 bridgehead atoms. The summed E-state index contributed by atoms with van der Waals surface area (Å²) in [5.74, 6) is 2.95. The lowest BCUT2D eigenvalue weighted by molar-refractivity contribution is -0.0465. The van der Waals surface area contributed by atoms with E-state index in [-0.39, 0.29) is 6.04 Å². The van der Waals surface area contributed by atoms with Gasteiger partial charge in [-0.1, -0.05) is 0 Å². The first-order valence-corrected chi connectivity index (χ1v) is 8.29. The van der Waals surface area contributed by atoms with Crippen molar-refractivity contribution in [2.75, 3.05) is 0 Å². The summed E-state index contributed by atoms with van der Waals surface area (Å²) in [6.07, 6.45) is 7.38. The van der Waals surface area contributed by atoms with Gasteiger partial charge in [0.15, 0.2) is 0 Å². The fourth-order valence-corrected chi connectivity index (χ4v) is 5.80. The smallest absolute Gasteiger partial charge is 0.126 e. The Morgan fingerprint density at radius 3 is 1.95 bits per heavy atom. The van der Waals surface area contributed by atoms with Crippen LogP contribution < -0.4 is 5.73 Å². The van der Waals surface area contributed by atoms with Crippen LogP contribution in [0, 0.1) is 41.2 Å². The van der Waals surface area contributed by atoms with Gasteiger partial charge in [-0.2, -0.15) is 0 Å². The summed E-state index contributed by atoms with van der Waals surface area (Å²) in [4.78, 5) is 0. The molecule has 1 atom stereocenters. The van der Waals surface area contributed by atoms with Crippen LogP contribution in [0.5, 0.6) is 0 Å². The van der Waals surface area contributed by atoms with Crippen LogP contribution in [0.2, 0.25) is 0 Å². The van der Waals surface area contributed by atoms with Gasteiger partial charge in [0.1, 0.15) is 11.6 Å². The van der Waals surface area contributed by atoms with Gasteiger partial charge < -0.3 is 5.73 Å². The third-order valence-corrected chi connectivity index (χ3v) is 6.19. The highest BCUT2D eigenvalue weighted by Crippen LogP contribution is 2.57. The van der Waals surface area contributed by atoms with Gasteiger partial charge >= 0.3 is 0 Å². The normalized spacial score (nSPS) is 38.7. The van der Waals surface area contributed by atoms with Crippen LogP contribution in [0.15, 0.2) is 18.2 Å². The van der Waals surface area contributed by atoms with Gasteiger partial charge in [0.05, 0.1) is 0 Å². The van der Waals surface area contributed by atoms with Gasteiger partial charge in [0.2, 0.25) is 0 Å². The van der Waals surface area contributed by atoms with Crippen molar-refractivity contribution in [3.05, 3.63) is 35.4 Å². The molecule has 0 amide bonds. The second-order valence-electron chi connectivity index (χ2n) is 7.65. The highest BCUT2D eigenvalue weighted by Gasteiger charge is 2.49. The van der Waals surface area contributed by atoms with Gasteiger partial charge in [0, 0.05) is 12.1 Å². The van der Waals surface area contributed by atoms with Crippen molar-refractivity contribution < 1.29 is 8.78 Å². The number of nitrogens with two attached hydrogens (primary N) is 1. The van der Waals surface area contributed by atoms with E-state index in [4.69, 9.17) is 5.73 Å². The Hall–Kier alpha value is -0.960. The minimum absolute atomic E-state index is 0.0428. The summed E-state index contributed by atoms with van der Waals surface area (Å²) >= 11 is 0. The van der Waals surface area contributed by atoms with Crippen LogP contribution in [0.1, 0.15) is 37.7 Å². The molecule has 1 aromatic carbocycles. The van der Waals surface area contributed by atoms with E-state index in [1.807, 2.05) is 0 Å². The van der Waals surface area contributed by atoms with Gasteiger partial charge in [0.25, 0.3) is 0 Å². The fourth-order valence-electron chi connectivity index (χ4n) is 5.80. The lowest BCUT2D eigenvalue weighted by atomic mass is 9.50. The molecule has 2 N–H and O–H groups in total. The predicted octanol–water partition coefficient (Wildman–Crippen LogP) is 3.91. The molecule has 1 nitrogen and oxygen atoms in total. The molecule has 4 aliphatic carbocycles. The Morgan fingerprint density at radius 1 is 0.905 bits per heavy atom. The standard InChI is InChI=1S/C18H23F2N/c19-15-6-12(7-16(20)9-15)8-17(21)18-13-2-10-1-11(4-13)5-14(18)3-10/h6-7,9-11,13-14,17-18H,1-5,8,21H2. The molecule has 0 saturated heterocycles. The lowest BCUT2D eigenvalue weighted by Crippen LogP contribution is -2.52. The van der Waals surface area contributed by atoms with E-state index >= 15 is 0 Å². The summed E-state index contributed by atoms with van der Waals surface area (Å²) < 4.78 is 26.7. The average molecular weight is 291 g/mol. The van der Waals surface area contributed by atoms with Crippen LogP contribution in [0.3, 0.4) is 0 Å². The van der Waals surface area contributed by atoms with E-state index in [1.54, 1.807) is 0 Å². The molecule has 21 heavy (non-hydrogen) atoms. The van der Waals surface area contributed by atoms with E-state index in [9.17, 15) is 8.78 Å². The van der Waals surface area contributed by atoms with Crippen molar-refractivity contribution in [3.8, 4) is 0 Å². The molecule has 1 unspecified atom stereocenters. The Balaban J connectivity index is 1.51. The van der Waals surface area contributed by atoms with Crippen LogP contribution in [-0.4, -0.2) is 6.04 Å². The van der Waals surface area contributed by atoms with Crippen molar-refractivity contribution in [1.82, 2.24) is 0 Å². The zero-order valence-corrected chi connectivity index (χ0v) is 12.3. The summed E-state index contributed by atoms with van der Waals surface area (Å²) in [7, 11) is 0. The minimum atomic E-state index is -0.498. The monoisotopic (exact) mass is 291 g/mol. The molecule has 0 spiro atoms. The largest absolute Gasteiger partial charge is 0.327 e. The zero-order chi connectivity index (χ0) is 14.6. The molecule has 0 heterocycles. The van der Waals surface area contributed by atoms with Crippen molar-refractivity contribution in [2.24, 2.45) is 35.3 Å². The van der Waals surface area contributed by atoms with E-state index < -0.39 is 11.6 Å². The van der Waals surface area contributed by atoms with E-state index in [2.05, 4.69) is 0 Å². The average Bonchev–Trinajstić information content (AvgIpc) is 2.35. The first kappa shape index (κ1) is 13.7. The SMILES string of the molecule is NC(Cc1cc(F)cc(F)c1)C1C2CC3CC(C2)CC1C3. The number of hydrogen-bond acceptors (Lipinski definition) is 1. The minimum Gasteiger partial charge on any atom is -0.327 e. The van der Waals surface area contributed by atoms with E-state index in [0.29, 0.717) is 17.9 Å². The molecule has 4 saturated carbocycles. The summed E-state index contributed by atoms with van der Waals surface area (Å²) in [6.45, 7) is 0. The predicted molar refractivity (Wildman–Crippen MR) is 78.6 cm³/mol. The van der Waals surface area contributed by atoms with Crippen molar-refractivity contribution in [3.63, 3.8) is 0 Å². The van der Waals surface area contributed by atoms with E-state index in [1.165, 1.54) is 44.2 Å². The van der Waals surface area contributed by atoms with Crippen molar-refractivity contribution in [1.29, 1.82) is 0 Å². The Kier molecular flexibility index (Phi) is 3.29. The Labute approximate surface area is 124 Å². The molecule has 0 aliphatic heterocycles. The summed E-state index contributed by atoms with van der Waals surface area (Å²) in [6, 6.07) is 3.83. The van der Waals surface area contributed by atoms with Gasteiger partial charge in [-0.15, -0.1) is 0 Å². The highest BCUT2D eigenvalue weighted by molar-refractivity contribution is 5.19. The molecular formula is C18H23F2N. The fraction of sp³-hybridized carbons (Fsp3) is 0.667. The second kappa shape index (κ2) is 5.05. The van der Waals surface area contributed by atoms with E-state index in [0.717, 1.165) is 29.7 Å². The Bertz CT molecular complexity index is 494. The molecule has 0 aromatic heterocycles. The van der Waals surface area contributed by atoms with Gasteiger partial charge in [-0.3, -0.25) is 0 Å². The van der Waals surface area contributed by atoms with Gasteiger partial charge in [-0.25, -0.2) is 8.78 Å². The number of hydrogen-bond donors (Lipinski definition) is 1. The van der Waals surface area contributed by atoms with Crippen molar-refractivity contribution in [2.45, 2.75) is 44.6 Å². The van der Waals surface area contributed by atoms with Crippen LogP contribution in [0.25, 0.3) is 0 Å². The summed E-state index contributed by atoms with van der Waals surface area (Å²) in [5, 5.41) is 0. The first-order valence-electron chi connectivity index (χ1n) is 8.29. The quantitative estimate of drug-likeness (QED) is 0.898. The third-order valence-electron chi connectivity index (χ3n) is 6.19. The third kappa shape index (κ3) is 2.50. The second-order valence-corrected chi connectivity index (χ2v) is 7.65.